The summed E-state index contributed by atoms with van der Waals surface area (Å²) in [7, 11) is 1.36. The van der Waals surface area contributed by atoms with Gasteiger partial charge in [-0.2, -0.15) is 0 Å². The molecule has 2 heterocycles. The van der Waals surface area contributed by atoms with E-state index >= 15 is 0 Å². The molecular weight excluding hydrogens is 192 g/mol. The molecule has 2 aromatic heterocycles. The molecule has 4 nitrogen and oxygen atoms in total. The van der Waals surface area contributed by atoms with Crippen LogP contribution in [-0.4, -0.2) is 23.0 Å². The summed E-state index contributed by atoms with van der Waals surface area (Å²) < 4.78 is 4.64. The summed E-state index contributed by atoms with van der Waals surface area (Å²) in [5.41, 5.74) is 3.20. The number of hydrogen-bond donors (Lipinski definition) is 1. The summed E-state index contributed by atoms with van der Waals surface area (Å²) in [6.07, 6.45) is 0. The maximum Gasteiger partial charge on any atom is 0.354 e. The molecule has 0 radical (unpaired) electrons. The van der Waals surface area contributed by atoms with Crippen LogP contribution in [0.5, 0.6) is 0 Å². The smallest absolute Gasteiger partial charge is 0.354 e. The number of esters is 1. The summed E-state index contributed by atoms with van der Waals surface area (Å²) >= 11 is 0. The normalized spacial score (nSPS) is 10.6. The van der Waals surface area contributed by atoms with Crippen molar-refractivity contribution in [1.29, 1.82) is 0 Å². The number of hydrogen-bond acceptors (Lipinski definition) is 3. The number of aryl methyl sites for hydroxylation is 2. The van der Waals surface area contributed by atoms with Crippen molar-refractivity contribution >= 4 is 17.0 Å². The number of nitrogens with zero attached hydrogens (tertiary/aromatic N) is 1. The second-order valence-electron chi connectivity index (χ2n) is 3.52. The van der Waals surface area contributed by atoms with Crippen molar-refractivity contribution in [3.05, 3.63) is 29.1 Å². The van der Waals surface area contributed by atoms with Gasteiger partial charge in [0.1, 0.15) is 11.3 Å². The number of fused-ring (bicyclic) bond motifs is 1. The molecule has 0 aliphatic carbocycles. The first-order chi connectivity index (χ1) is 7.11. The molecule has 2 aromatic rings. The van der Waals surface area contributed by atoms with E-state index in [4.69, 9.17) is 0 Å². The van der Waals surface area contributed by atoms with Crippen molar-refractivity contribution in [2.24, 2.45) is 0 Å². The highest BCUT2D eigenvalue weighted by Crippen LogP contribution is 2.18. The van der Waals surface area contributed by atoms with Crippen molar-refractivity contribution in [3.63, 3.8) is 0 Å². The lowest BCUT2D eigenvalue weighted by molar-refractivity contribution is 0.0595. The Hall–Kier alpha value is -1.84. The number of carbonyl (C=O) groups excluding carboxylic acids is 1. The summed E-state index contributed by atoms with van der Waals surface area (Å²) in [6, 6.07) is 3.75. The number of aromatic nitrogens is 2. The summed E-state index contributed by atoms with van der Waals surface area (Å²) in [6.45, 7) is 3.91. The summed E-state index contributed by atoms with van der Waals surface area (Å²) in [4.78, 5) is 18.6. The second-order valence-corrected chi connectivity index (χ2v) is 3.52. The Balaban J connectivity index is 2.65. The molecule has 0 aliphatic heterocycles. The van der Waals surface area contributed by atoms with E-state index in [0.717, 1.165) is 22.3 Å². The van der Waals surface area contributed by atoms with Crippen LogP contribution in [0, 0.1) is 13.8 Å². The van der Waals surface area contributed by atoms with Crippen molar-refractivity contribution in [2.45, 2.75) is 13.8 Å². The lowest BCUT2D eigenvalue weighted by Gasteiger charge is -1.96. The molecule has 0 aromatic carbocycles. The molecule has 4 heteroatoms. The van der Waals surface area contributed by atoms with Gasteiger partial charge in [-0.1, -0.05) is 0 Å². The van der Waals surface area contributed by atoms with Gasteiger partial charge in [0.2, 0.25) is 0 Å². The topological polar surface area (TPSA) is 55.0 Å². The van der Waals surface area contributed by atoms with Gasteiger partial charge < -0.3 is 9.72 Å². The Morgan fingerprint density at radius 1 is 1.40 bits per heavy atom. The third-order valence-corrected chi connectivity index (χ3v) is 2.34. The number of aromatic amines is 1. The molecule has 0 fully saturated rings. The van der Waals surface area contributed by atoms with Gasteiger partial charge in [0, 0.05) is 11.1 Å². The van der Waals surface area contributed by atoms with Crippen LogP contribution in [0.3, 0.4) is 0 Å². The molecule has 0 spiro atoms. The minimum absolute atomic E-state index is 0.370. The van der Waals surface area contributed by atoms with Gasteiger partial charge >= 0.3 is 5.97 Å². The van der Waals surface area contributed by atoms with E-state index in [-0.39, 0.29) is 5.97 Å². The van der Waals surface area contributed by atoms with Crippen LogP contribution in [0.15, 0.2) is 12.1 Å². The van der Waals surface area contributed by atoms with Gasteiger partial charge in [-0.05, 0) is 31.5 Å². The Morgan fingerprint density at radius 3 is 2.80 bits per heavy atom. The molecule has 0 aliphatic rings. The molecule has 0 bridgehead atoms. The van der Waals surface area contributed by atoms with Crippen LogP contribution in [0.1, 0.15) is 21.7 Å². The predicted molar refractivity (Wildman–Crippen MR) is 56.9 cm³/mol. The maximum atomic E-state index is 11.3. The third kappa shape index (κ3) is 1.58. The van der Waals surface area contributed by atoms with E-state index in [1.54, 1.807) is 6.07 Å². The standard InChI is InChI=1S/C11H12N2O2/c1-6-4-7(2)12-10-8(6)5-9(13-10)11(14)15-3/h4-5H,1-3H3,(H,12,13). The lowest BCUT2D eigenvalue weighted by Crippen LogP contribution is -2.00. The summed E-state index contributed by atoms with van der Waals surface area (Å²) in [5, 5.41) is 0.959. The molecule has 0 amide bonds. The van der Waals surface area contributed by atoms with Crippen LogP contribution in [0.25, 0.3) is 11.0 Å². The fourth-order valence-corrected chi connectivity index (χ4v) is 1.65. The van der Waals surface area contributed by atoms with Crippen molar-refractivity contribution in [1.82, 2.24) is 9.97 Å². The molecule has 0 saturated heterocycles. The van der Waals surface area contributed by atoms with E-state index in [0.29, 0.717) is 5.69 Å². The number of pyridine rings is 1. The van der Waals surface area contributed by atoms with Crippen LogP contribution in [-0.2, 0) is 4.74 Å². The minimum atomic E-state index is -0.370. The van der Waals surface area contributed by atoms with E-state index in [2.05, 4.69) is 14.7 Å². The highest BCUT2D eigenvalue weighted by atomic mass is 16.5. The molecule has 2 rings (SSSR count). The summed E-state index contributed by atoms with van der Waals surface area (Å²) in [5.74, 6) is -0.370. The highest BCUT2D eigenvalue weighted by molar-refractivity contribution is 5.94. The van der Waals surface area contributed by atoms with E-state index in [1.165, 1.54) is 7.11 Å². The molecule has 0 atom stereocenters. The fraction of sp³-hybridized carbons (Fsp3) is 0.273. The molecular formula is C11H12N2O2. The SMILES string of the molecule is COC(=O)c1cc2c(C)cc(C)nc2[nH]1. The number of rotatable bonds is 1. The molecule has 78 valence electrons. The third-order valence-electron chi connectivity index (χ3n) is 2.34. The second kappa shape index (κ2) is 3.38. The van der Waals surface area contributed by atoms with Gasteiger partial charge in [-0.15, -0.1) is 0 Å². The zero-order valence-electron chi connectivity index (χ0n) is 8.92. The Bertz CT molecular complexity index is 529. The number of H-pyrrole nitrogens is 1. The van der Waals surface area contributed by atoms with Gasteiger partial charge in [-0.3, -0.25) is 0 Å². The van der Waals surface area contributed by atoms with E-state index < -0.39 is 0 Å². The molecule has 1 N–H and O–H groups in total. The van der Waals surface area contributed by atoms with Crippen molar-refractivity contribution in [2.75, 3.05) is 7.11 Å². The van der Waals surface area contributed by atoms with Crippen LogP contribution in [0.2, 0.25) is 0 Å². The number of nitrogens with one attached hydrogen (secondary N) is 1. The fourth-order valence-electron chi connectivity index (χ4n) is 1.65. The lowest BCUT2D eigenvalue weighted by atomic mass is 10.2. The van der Waals surface area contributed by atoms with Gasteiger partial charge in [0.15, 0.2) is 0 Å². The zero-order chi connectivity index (χ0) is 11.0. The first-order valence-electron chi connectivity index (χ1n) is 4.67. The Labute approximate surface area is 87.3 Å². The quantitative estimate of drug-likeness (QED) is 0.722. The molecule has 0 saturated carbocycles. The Kier molecular flexibility index (Phi) is 2.19. The number of carbonyl (C=O) groups is 1. The van der Waals surface area contributed by atoms with E-state index in [1.807, 2.05) is 19.9 Å². The van der Waals surface area contributed by atoms with Gasteiger partial charge in [0.05, 0.1) is 7.11 Å². The van der Waals surface area contributed by atoms with Gasteiger partial charge in [-0.25, -0.2) is 9.78 Å². The van der Waals surface area contributed by atoms with Crippen molar-refractivity contribution < 1.29 is 9.53 Å². The largest absolute Gasteiger partial charge is 0.464 e. The zero-order valence-corrected chi connectivity index (χ0v) is 8.92. The van der Waals surface area contributed by atoms with Crippen LogP contribution in [0.4, 0.5) is 0 Å². The van der Waals surface area contributed by atoms with Crippen LogP contribution >= 0.6 is 0 Å². The minimum Gasteiger partial charge on any atom is -0.464 e. The highest BCUT2D eigenvalue weighted by Gasteiger charge is 2.11. The average Bonchev–Trinajstić information content (AvgIpc) is 2.60. The monoisotopic (exact) mass is 204 g/mol. The van der Waals surface area contributed by atoms with Crippen molar-refractivity contribution in [3.8, 4) is 0 Å². The first kappa shape index (κ1) is 9.71. The van der Waals surface area contributed by atoms with E-state index in [9.17, 15) is 4.79 Å². The molecule has 0 unspecified atom stereocenters. The maximum absolute atomic E-state index is 11.3. The molecule has 15 heavy (non-hydrogen) atoms. The number of ether oxygens (including phenoxy) is 1. The first-order valence-corrected chi connectivity index (χ1v) is 4.67. The average molecular weight is 204 g/mol. The predicted octanol–water partition coefficient (Wildman–Crippen LogP) is 1.97. The van der Waals surface area contributed by atoms with Crippen LogP contribution < -0.4 is 0 Å². The Morgan fingerprint density at radius 2 is 2.13 bits per heavy atom. The number of methoxy groups -OCH3 is 1. The van der Waals surface area contributed by atoms with Gasteiger partial charge in [0.25, 0.3) is 0 Å².